The highest BCUT2D eigenvalue weighted by Gasteiger charge is 2.21. The molecule has 2 aromatic rings. The summed E-state index contributed by atoms with van der Waals surface area (Å²) in [6.07, 6.45) is 3.22. The molecule has 128 valence electrons. The number of benzene rings is 1. The van der Waals surface area contributed by atoms with E-state index in [0.29, 0.717) is 6.54 Å². The number of carbonyl (C=O) groups excluding carboxylic acids is 1. The Bertz CT molecular complexity index is 797. The molecule has 8 heteroatoms. The summed E-state index contributed by atoms with van der Waals surface area (Å²) in [5.74, 6) is -2.07. The fourth-order valence-electron chi connectivity index (χ4n) is 2.04. The van der Waals surface area contributed by atoms with Crippen LogP contribution in [0.3, 0.4) is 0 Å². The maximum Gasteiger partial charge on any atom is 0.233 e. The van der Waals surface area contributed by atoms with Crippen molar-refractivity contribution in [3.63, 3.8) is 0 Å². The molecule has 6 nitrogen and oxygen atoms in total. The molecule has 1 unspecified atom stereocenters. The molecule has 0 saturated carbocycles. The largest absolute Gasteiger partial charge is 0.352 e. The molecule has 1 aromatic heterocycles. The van der Waals surface area contributed by atoms with Crippen molar-refractivity contribution in [1.82, 2.24) is 10.3 Å². The molecule has 0 bridgehead atoms. The van der Waals surface area contributed by atoms with Crippen LogP contribution >= 0.6 is 0 Å². The Labute approximate surface area is 140 Å². The second-order valence-electron chi connectivity index (χ2n) is 5.37. The first kappa shape index (κ1) is 17.9. The number of sulfonamides is 1. The molecule has 0 fully saturated rings. The first-order valence-corrected chi connectivity index (χ1v) is 8.93. The van der Waals surface area contributed by atoms with Crippen molar-refractivity contribution < 1.29 is 17.6 Å². The molecule has 0 aliphatic carbocycles. The van der Waals surface area contributed by atoms with E-state index in [4.69, 9.17) is 0 Å². The number of aromatic nitrogens is 1. The standard InChI is InChI=1S/C16H18FN3O3S/c1-12(16(21)19-10-13-5-7-18-8-6-13)11-24(22,23)20-15-4-2-3-14(17)9-15/h2-9,12,20H,10-11H2,1H3,(H,19,21). The van der Waals surface area contributed by atoms with Crippen molar-refractivity contribution in [2.24, 2.45) is 5.92 Å². The van der Waals surface area contributed by atoms with Crippen molar-refractivity contribution in [2.45, 2.75) is 13.5 Å². The SMILES string of the molecule is CC(CS(=O)(=O)Nc1cccc(F)c1)C(=O)NCc1ccncc1. The van der Waals surface area contributed by atoms with Crippen LogP contribution in [0.5, 0.6) is 0 Å². The molecular weight excluding hydrogens is 333 g/mol. The Balaban J connectivity index is 1.89. The van der Waals surface area contributed by atoms with Gasteiger partial charge in [0.05, 0.1) is 17.4 Å². The van der Waals surface area contributed by atoms with Gasteiger partial charge in [-0.3, -0.25) is 14.5 Å². The smallest absolute Gasteiger partial charge is 0.233 e. The first-order chi connectivity index (χ1) is 11.4. The van der Waals surface area contributed by atoms with Gasteiger partial charge < -0.3 is 5.32 Å². The van der Waals surface area contributed by atoms with Crippen LogP contribution in [0.4, 0.5) is 10.1 Å². The molecule has 0 spiro atoms. The average molecular weight is 351 g/mol. The Morgan fingerprint density at radius 1 is 1.25 bits per heavy atom. The van der Waals surface area contributed by atoms with E-state index >= 15 is 0 Å². The van der Waals surface area contributed by atoms with Crippen LogP contribution in [0.15, 0.2) is 48.8 Å². The third-order valence-electron chi connectivity index (χ3n) is 3.23. The normalized spacial score (nSPS) is 12.4. The molecule has 1 heterocycles. The van der Waals surface area contributed by atoms with Crippen LogP contribution in [-0.2, 0) is 21.4 Å². The number of amides is 1. The van der Waals surface area contributed by atoms with Gasteiger partial charge in [0, 0.05) is 18.9 Å². The Kier molecular flexibility index (Phi) is 5.86. The second-order valence-corrected chi connectivity index (χ2v) is 7.14. The van der Waals surface area contributed by atoms with E-state index in [1.165, 1.54) is 25.1 Å². The molecule has 1 aromatic carbocycles. The predicted molar refractivity (Wildman–Crippen MR) is 89.1 cm³/mol. The number of rotatable bonds is 7. The minimum absolute atomic E-state index is 0.124. The number of nitrogens with zero attached hydrogens (tertiary/aromatic N) is 1. The van der Waals surface area contributed by atoms with E-state index in [2.05, 4.69) is 15.0 Å². The van der Waals surface area contributed by atoms with E-state index in [9.17, 15) is 17.6 Å². The van der Waals surface area contributed by atoms with Crippen molar-refractivity contribution in [3.05, 3.63) is 60.2 Å². The third-order valence-corrected chi connectivity index (χ3v) is 4.72. The minimum Gasteiger partial charge on any atom is -0.352 e. The van der Waals surface area contributed by atoms with Gasteiger partial charge in [-0.05, 0) is 35.9 Å². The van der Waals surface area contributed by atoms with Crippen LogP contribution in [0, 0.1) is 11.7 Å². The van der Waals surface area contributed by atoms with Crippen LogP contribution in [-0.4, -0.2) is 25.1 Å². The van der Waals surface area contributed by atoms with E-state index < -0.39 is 27.5 Å². The quantitative estimate of drug-likeness (QED) is 0.798. The lowest BCUT2D eigenvalue weighted by Gasteiger charge is -2.14. The summed E-state index contributed by atoms with van der Waals surface area (Å²) < 4.78 is 39.5. The topological polar surface area (TPSA) is 88.2 Å². The van der Waals surface area contributed by atoms with Gasteiger partial charge in [-0.2, -0.15) is 0 Å². The molecule has 1 atom stereocenters. The second kappa shape index (κ2) is 7.87. The number of halogens is 1. The minimum atomic E-state index is -3.77. The molecule has 2 rings (SSSR count). The summed E-state index contributed by atoms with van der Waals surface area (Å²) in [7, 11) is -3.77. The number of hydrogen-bond acceptors (Lipinski definition) is 4. The predicted octanol–water partition coefficient (Wildman–Crippen LogP) is 1.91. The van der Waals surface area contributed by atoms with E-state index in [-0.39, 0.29) is 11.6 Å². The van der Waals surface area contributed by atoms with Crippen molar-refractivity contribution in [2.75, 3.05) is 10.5 Å². The summed E-state index contributed by atoms with van der Waals surface area (Å²) in [4.78, 5) is 15.9. The molecular formula is C16H18FN3O3S. The van der Waals surface area contributed by atoms with E-state index in [1.807, 2.05) is 0 Å². The number of nitrogens with one attached hydrogen (secondary N) is 2. The third kappa shape index (κ3) is 5.62. The molecule has 1 amide bonds. The number of carbonyl (C=O) groups is 1. The van der Waals surface area contributed by atoms with Gasteiger partial charge in [0.2, 0.25) is 15.9 Å². The monoisotopic (exact) mass is 351 g/mol. The number of pyridine rings is 1. The highest BCUT2D eigenvalue weighted by atomic mass is 32.2. The zero-order valence-electron chi connectivity index (χ0n) is 13.1. The van der Waals surface area contributed by atoms with E-state index in [1.54, 1.807) is 24.5 Å². The highest BCUT2D eigenvalue weighted by molar-refractivity contribution is 7.92. The summed E-state index contributed by atoms with van der Waals surface area (Å²) in [5.41, 5.74) is 0.991. The lowest BCUT2D eigenvalue weighted by atomic mass is 10.2. The Morgan fingerprint density at radius 3 is 2.62 bits per heavy atom. The summed E-state index contributed by atoms with van der Waals surface area (Å²) in [5, 5.41) is 2.68. The summed E-state index contributed by atoms with van der Waals surface area (Å²) in [6.45, 7) is 1.82. The first-order valence-electron chi connectivity index (χ1n) is 7.28. The average Bonchev–Trinajstić information content (AvgIpc) is 2.52. The lowest BCUT2D eigenvalue weighted by Crippen LogP contribution is -2.34. The van der Waals surface area contributed by atoms with Gasteiger partial charge in [0.25, 0.3) is 0 Å². The highest BCUT2D eigenvalue weighted by Crippen LogP contribution is 2.13. The van der Waals surface area contributed by atoms with Gasteiger partial charge in [0.15, 0.2) is 0 Å². The molecule has 0 radical (unpaired) electrons. The molecule has 24 heavy (non-hydrogen) atoms. The zero-order chi connectivity index (χ0) is 17.6. The lowest BCUT2D eigenvalue weighted by molar-refractivity contribution is -0.124. The van der Waals surface area contributed by atoms with Crippen molar-refractivity contribution in [1.29, 1.82) is 0 Å². The number of anilines is 1. The van der Waals surface area contributed by atoms with Crippen molar-refractivity contribution in [3.8, 4) is 0 Å². The molecule has 0 aliphatic heterocycles. The van der Waals surface area contributed by atoms with Gasteiger partial charge in [-0.15, -0.1) is 0 Å². The number of hydrogen-bond donors (Lipinski definition) is 2. The van der Waals surface area contributed by atoms with Crippen molar-refractivity contribution >= 4 is 21.6 Å². The van der Waals surface area contributed by atoms with Gasteiger partial charge in [-0.1, -0.05) is 13.0 Å². The van der Waals surface area contributed by atoms with Crippen LogP contribution in [0.25, 0.3) is 0 Å². The Hall–Kier alpha value is -2.48. The fourth-order valence-corrected chi connectivity index (χ4v) is 3.42. The summed E-state index contributed by atoms with van der Waals surface area (Å²) >= 11 is 0. The van der Waals surface area contributed by atoms with Gasteiger partial charge in [0.1, 0.15) is 5.82 Å². The van der Waals surface area contributed by atoms with Crippen LogP contribution in [0.2, 0.25) is 0 Å². The van der Waals surface area contributed by atoms with Gasteiger partial charge in [-0.25, -0.2) is 12.8 Å². The van der Waals surface area contributed by atoms with Crippen LogP contribution < -0.4 is 10.0 Å². The van der Waals surface area contributed by atoms with E-state index in [0.717, 1.165) is 11.6 Å². The van der Waals surface area contributed by atoms with Crippen LogP contribution in [0.1, 0.15) is 12.5 Å². The Morgan fingerprint density at radius 2 is 1.96 bits per heavy atom. The molecule has 0 aliphatic rings. The molecule has 2 N–H and O–H groups in total. The van der Waals surface area contributed by atoms with Gasteiger partial charge >= 0.3 is 0 Å². The fraction of sp³-hybridized carbons (Fsp3) is 0.250. The zero-order valence-corrected chi connectivity index (χ0v) is 13.9. The summed E-state index contributed by atoms with van der Waals surface area (Å²) in [6, 6.07) is 8.64. The maximum atomic E-state index is 13.1. The molecule has 0 saturated heterocycles. The maximum absolute atomic E-state index is 13.1.